The Bertz CT molecular complexity index is 626. The Hall–Kier alpha value is -1.39. The lowest BCUT2D eigenvalue weighted by molar-refractivity contribution is -0.201. The standard InChI is InChI=1S/C19H26N2O2/c1-3-4-9-19-12-20-10-18(2,17(19)23)11-21(13-19)16(20)14-7-5-6-8-15(14)22/h5-8,16,22H,3-4,9-13H2,1-2H3. The fourth-order valence-electron chi connectivity index (χ4n) is 5.28. The van der Waals surface area contributed by atoms with Crippen molar-refractivity contribution in [3.8, 4) is 5.75 Å². The number of carbonyl (C=O) groups excluding carboxylic acids is 1. The Balaban J connectivity index is 1.71. The molecule has 1 aromatic rings. The van der Waals surface area contributed by atoms with E-state index < -0.39 is 0 Å². The second kappa shape index (κ2) is 5.05. The van der Waals surface area contributed by atoms with Crippen molar-refractivity contribution in [3.05, 3.63) is 29.8 Å². The molecule has 4 bridgehead atoms. The molecule has 4 aliphatic heterocycles. The number of carbonyl (C=O) groups is 1. The Morgan fingerprint density at radius 3 is 2.43 bits per heavy atom. The van der Waals surface area contributed by atoms with Crippen LogP contribution < -0.4 is 0 Å². The third kappa shape index (κ3) is 2.08. The van der Waals surface area contributed by atoms with Gasteiger partial charge in [0.25, 0.3) is 0 Å². The molecule has 124 valence electrons. The zero-order chi connectivity index (χ0) is 16.2. The summed E-state index contributed by atoms with van der Waals surface area (Å²) < 4.78 is 0. The Labute approximate surface area is 138 Å². The Morgan fingerprint density at radius 1 is 1.17 bits per heavy atom. The summed E-state index contributed by atoms with van der Waals surface area (Å²) in [7, 11) is 0. The van der Waals surface area contributed by atoms with Crippen LogP contribution >= 0.6 is 0 Å². The summed E-state index contributed by atoms with van der Waals surface area (Å²) in [6.07, 6.45) is 3.37. The quantitative estimate of drug-likeness (QED) is 0.928. The highest BCUT2D eigenvalue weighted by molar-refractivity contribution is 5.93. The highest BCUT2D eigenvalue weighted by Crippen LogP contribution is 2.54. The average Bonchev–Trinajstić information content (AvgIpc) is 2.51. The molecular formula is C19H26N2O2. The van der Waals surface area contributed by atoms with Crippen molar-refractivity contribution < 1.29 is 9.90 Å². The smallest absolute Gasteiger partial charge is 0.150 e. The maximum atomic E-state index is 13.1. The van der Waals surface area contributed by atoms with E-state index in [1.54, 1.807) is 6.07 Å². The highest BCUT2D eigenvalue weighted by atomic mass is 16.3. The first kappa shape index (κ1) is 15.2. The van der Waals surface area contributed by atoms with Crippen molar-refractivity contribution in [1.29, 1.82) is 0 Å². The molecule has 4 aliphatic rings. The number of hydrogen-bond acceptors (Lipinski definition) is 4. The molecular weight excluding hydrogens is 288 g/mol. The van der Waals surface area contributed by atoms with Gasteiger partial charge in [0.05, 0.1) is 17.0 Å². The number of phenols is 1. The van der Waals surface area contributed by atoms with Gasteiger partial charge in [-0.15, -0.1) is 0 Å². The van der Waals surface area contributed by atoms with Crippen molar-refractivity contribution in [2.45, 2.75) is 39.3 Å². The molecule has 4 heterocycles. The van der Waals surface area contributed by atoms with E-state index in [0.29, 0.717) is 11.5 Å². The molecule has 4 heteroatoms. The third-order valence-corrected chi connectivity index (χ3v) is 6.06. The van der Waals surface area contributed by atoms with Crippen LogP contribution in [0.2, 0.25) is 0 Å². The predicted molar refractivity (Wildman–Crippen MR) is 89.1 cm³/mol. The molecule has 0 aliphatic carbocycles. The molecule has 23 heavy (non-hydrogen) atoms. The number of aromatic hydroxyl groups is 1. The number of ketones is 1. The van der Waals surface area contributed by atoms with Gasteiger partial charge >= 0.3 is 0 Å². The summed E-state index contributed by atoms with van der Waals surface area (Å²) in [4.78, 5) is 18.0. The van der Waals surface area contributed by atoms with Crippen LogP contribution in [-0.2, 0) is 4.79 Å². The Morgan fingerprint density at radius 2 is 1.83 bits per heavy atom. The number of hydrogen-bond donors (Lipinski definition) is 1. The van der Waals surface area contributed by atoms with Gasteiger partial charge in [0.2, 0.25) is 0 Å². The molecule has 1 N–H and O–H groups in total. The summed E-state index contributed by atoms with van der Waals surface area (Å²) in [6, 6.07) is 7.64. The maximum absolute atomic E-state index is 13.1. The van der Waals surface area contributed by atoms with Gasteiger partial charge in [-0.05, 0) is 12.5 Å². The number of para-hydroxylation sites is 1. The van der Waals surface area contributed by atoms with Crippen LogP contribution in [-0.4, -0.2) is 46.9 Å². The minimum absolute atomic E-state index is 0.118. The second-order valence-corrected chi connectivity index (χ2v) is 8.02. The van der Waals surface area contributed by atoms with E-state index in [-0.39, 0.29) is 17.0 Å². The van der Waals surface area contributed by atoms with Crippen LogP contribution in [0.25, 0.3) is 0 Å². The van der Waals surface area contributed by atoms with Crippen molar-refractivity contribution in [2.24, 2.45) is 10.8 Å². The van der Waals surface area contributed by atoms with E-state index in [4.69, 9.17) is 0 Å². The van der Waals surface area contributed by atoms with Crippen LogP contribution in [0.15, 0.2) is 24.3 Å². The molecule has 0 aromatic heterocycles. The summed E-state index contributed by atoms with van der Waals surface area (Å²) in [5, 5.41) is 10.3. The SMILES string of the molecule is CCCCC12CN3CC(C)(CN(C1)C3c1ccccc1O)C2=O. The number of benzene rings is 1. The summed E-state index contributed by atoms with van der Waals surface area (Å²) >= 11 is 0. The van der Waals surface area contributed by atoms with Gasteiger partial charge in [0.15, 0.2) is 0 Å². The fourth-order valence-corrected chi connectivity index (χ4v) is 5.28. The van der Waals surface area contributed by atoms with E-state index in [0.717, 1.165) is 51.0 Å². The maximum Gasteiger partial charge on any atom is 0.150 e. The van der Waals surface area contributed by atoms with Gasteiger partial charge in [-0.2, -0.15) is 0 Å². The lowest BCUT2D eigenvalue weighted by atomic mass is 9.59. The molecule has 4 saturated heterocycles. The van der Waals surface area contributed by atoms with Gasteiger partial charge < -0.3 is 5.11 Å². The van der Waals surface area contributed by atoms with E-state index in [2.05, 4.69) is 23.6 Å². The van der Waals surface area contributed by atoms with E-state index in [1.165, 1.54) is 0 Å². The molecule has 2 unspecified atom stereocenters. The predicted octanol–water partition coefficient (Wildman–Crippen LogP) is 2.79. The van der Waals surface area contributed by atoms with Gasteiger partial charge in [-0.3, -0.25) is 14.6 Å². The lowest BCUT2D eigenvalue weighted by Gasteiger charge is -2.65. The first-order chi connectivity index (χ1) is 11.0. The van der Waals surface area contributed by atoms with Crippen LogP contribution in [0, 0.1) is 10.8 Å². The van der Waals surface area contributed by atoms with Crippen LogP contribution in [0.3, 0.4) is 0 Å². The molecule has 4 fully saturated rings. The largest absolute Gasteiger partial charge is 0.508 e. The minimum Gasteiger partial charge on any atom is -0.508 e. The molecule has 1 aromatic carbocycles. The first-order valence-electron chi connectivity index (χ1n) is 8.80. The van der Waals surface area contributed by atoms with Gasteiger partial charge in [-0.1, -0.05) is 44.9 Å². The van der Waals surface area contributed by atoms with E-state index in [9.17, 15) is 9.90 Å². The van der Waals surface area contributed by atoms with Gasteiger partial charge in [0, 0.05) is 31.7 Å². The molecule has 0 amide bonds. The van der Waals surface area contributed by atoms with Crippen molar-refractivity contribution in [3.63, 3.8) is 0 Å². The van der Waals surface area contributed by atoms with Gasteiger partial charge in [-0.25, -0.2) is 0 Å². The van der Waals surface area contributed by atoms with Crippen LogP contribution in [0.1, 0.15) is 44.8 Å². The number of Topliss-reactive ketones (excluding diaryl/α,β-unsaturated/α-hetero) is 1. The van der Waals surface area contributed by atoms with Crippen molar-refractivity contribution in [2.75, 3.05) is 26.2 Å². The molecule has 2 atom stereocenters. The lowest BCUT2D eigenvalue weighted by Crippen LogP contribution is -2.76. The number of rotatable bonds is 4. The molecule has 0 saturated carbocycles. The summed E-state index contributed by atoms with van der Waals surface area (Å²) in [5.74, 6) is 0.853. The summed E-state index contributed by atoms with van der Waals surface area (Å²) in [6.45, 7) is 7.64. The number of nitrogens with zero attached hydrogens (tertiary/aromatic N) is 2. The van der Waals surface area contributed by atoms with Crippen molar-refractivity contribution in [1.82, 2.24) is 9.80 Å². The zero-order valence-electron chi connectivity index (χ0n) is 14.1. The number of piperidine rings is 2. The zero-order valence-corrected chi connectivity index (χ0v) is 14.1. The van der Waals surface area contributed by atoms with E-state index in [1.807, 2.05) is 18.2 Å². The number of unbranched alkanes of at least 4 members (excludes halogenated alkanes) is 1. The molecule has 5 rings (SSSR count). The van der Waals surface area contributed by atoms with Gasteiger partial charge in [0.1, 0.15) is 11.5 Å². The molecule has 0 spiro atoms. The van der Waals surface area contributed by atoms with Crippen molar-refractivity contribution >= 4 is 5.78 Å². The van der Waals surface area contributed by atoms with E-state index >= 15 is 0 Å². The second-order valence-electron chi connectivity index (χ2n) is 8.02. The molecule has 4 nitrogen and oxygen atoms in total. The topological polar surface area (TPSA) is 43.8 Å². The van der Waals surface area contributed by atoms with Crippen LogP contribution in [0.4, 0.5) is 0 Å². The molecule has 0 radical (unpaired) electrons. The Kier molecular flexibility index (Phi) is 3.33. The monoisotopic (exact) mass is 314 g/mol. The minimum atomic E-state index is -0.245. The summed E-state index contributed by atoms with van der Waals surface area (Å²) in [5.41, 5.74) is 0.542. The first-order valence-corrected chi connectivity index (χ1v) is 8.80. The van der Waals surface area contributed by atoms with Crippen LogP contribution in [0.5, 0.6) is 5.75 Å². The average molecular weight is 314 g/mol. The fraction of sp³-hybridized carbons (Fsp3) is 0.632. The number of phenolic OH excluding ortho intramolecular Hbond substituents is 1. The third-order valence-electron chi connectivity index (χ3n) is 6.06. The normalized spacial score (nSPS) is 41.5. The highest BCUT2D eigenvalue weighted by Gasteiger charge is 2.63.